The first-order valence-electron chi connectivity index (χ1n) is 9.31. The summed E-state index contributed by atoms with van der Waals surface area (Å²) in [6.45, 7) is 1.77. The van der Waals surface area contributed by atoms with Gasteiger partial charge in [0.25, 0.3) is 5.91 Å². The minimum Gasteiger partial charge on any atom is -0.397 e. The van der Waals surface area contributed by atoms with Crippen molar-refractivity contribution in [3.8, 4) is 10.6 Å². The molecule has 1 aliphatic heterocycles. The number of aryl methyl sites for hydroxylation is 1. The number of nitrogens with zero attached hydrogens (tertiary/aromatic N) is 3. The molecule has 29 heavy (non-hydrogen) atoms. The summed E-state index contributed by atoms with van der Waals surface area (Å²) < 4.78 is 0. The number of hydrogen-bond donors (Lipinski definition) is 3. The summed E-state index contributed by atoms with van der Waals surface area (Å²) in [5, 5.41) is 16.5. The van der Waals surface area contributed by atoms with Crippen molar-refractivity contribution in [2.75, 3.05) is 17.6 Å². The second-order valence-corrected chi connectivity index (χ2v) is 8.78. The van der Waals surface area contributed by atoms with Crippen LogP contribution in [0, 0.1) is 0 Å². The van der Waals surface area contributed by atoms with Crippen molar-refractivity contribution in [3.05, 3.63) is 52.5 Å². The summed E-state index contributed by atoms with van der Waals surface area (Å²) in [7, 11) is 0. The molecule has 1 aliphatic rings. The smallest absolute Gasteiger partial charge is 0.269 e. The summed E-state index contributed by atoms with van der Waals surface area (Å²) in [6, 6.07) is 11.8. The highest BCUT2D eigenvalue weighted by molar-refractivity contribution is 7.21. The normalized spacial score (nSPS) is 13.8. The number of thiophene rings is 1. The van der Waals surface area contributed by atoms with Crippen LogP contribution in [-0.4, -0.2) is 27.6 Å². The molecule has 0 spiro atoms. The Labute approximate surface area is 175 Å². The number of aromatic nitrogens is 3. The number of pyridine rings is 1. The highest BCUT2D eigenvalue weighted by Gasteiger charge is 2.21. The van der Waals surface area contributed by atoms with Crippen LogP contribution in [0.15, 0.2) is 36.4 Å². The van der Waals surface area contributed by atoms with E-state index in [-0.39, 0.29) is 5.91 Å². The van der Waals surface area contributed by atoms with Gasteiger partial charge in [-0.25, -0.2) is 4.98 Å². The van der Waals surface area contributed by atoms with E-state index in [1.165, 1.54) is 22.7 Å². The lowest BCUT2D eigenvalue weighted by atomic mass is 10.1. The number of rotatable bonds is 3. The van der Waals surface area contributed by atoms with Gasteiger partial charge in [-0.05, 0) is 31.0 Å². The number of carbonyl (C=O) groups is 1. The van der Waals surface area contributed by atoms with E-state index in [0.29, 0.717) is 15.7 Å². The molecule has 0 saturated heterocycles. The molecule has 5 rings (SSSR count). The van der Waals surface area contributed by atoms with Gasteiger partial charge in [0, 0.05) is 23.2 Å². The molecule has 0 saturated carbocycles. The van der Waals surface area contributed by atoms with Crippen molar-refractivity contribution in [2.45, 2.75) is 19.4 Å². The maximum Gasteiger partial charge on any atom is 0.269 e. The highest BCUT2D eigenvalue weighted by atomic mass is 32.1. The molecule has 4 heterocycles. The average molecular weight is 423 g/mol. The van der Waals surface area contributed by atoms with Crippen LogP contribution in [0.2, 0.25) is 0 Å². The largest absolute Gasteiger partial charge is 0.397 e. The SMILES string of the molecule is Nc1c(C(=O)Nc2nnc(-c3ccccc3)s2)sc2nc3c(cc12)CNCCC3. The fraction of sp³-hybridized carbons (Fsp3) is 0.200. The first kappa shape index (κ1) is 18.2. The van der Waals surface area contributed by atoms with Crippen molar-refractivity contribution in [1.82, 2.24) is 20.5 Å². The lowest BCUT2D eigenvalue weighted by Gasteiger charge is -2.04. The lowest BCUT2D eigenvalue weighted by Crippen LogP contribution is -2.12. The van der Waals surface area contributed by atoms with E-state index in [1.807, 2.05) is 30.3 Å². The molecule has 4 N–H and O–H groups in total. The molecule has 0 bridgehead atoms. The minimum atomic E-state index is -0.283. The van der Waals surface area contributed by atoms with Gasteiger partial charge in [0.05, 0.1) is 5.69 Å². The Morgan fingerprint density at radius 1 is 1.17 bits per heavy atom. The molecule has 1 aromatic carbocycles. The molecule has 9 heteroatoms. The van der Waals surface area contributed by atoms with Gasteiger partial charge in [-0.1, -0.05) is 41.7 Å². The predicted molar refractivity (Wildman–Crippen MR) is 117 cm³/mol. The van der Waals surface area contributed by atoms with Crippen LogP contribution >= 0.6 is 22.7 Å². The van der Waals surface area contributed by atoms with E-state index in [4.69, 9.17) is 10.7 Å². The van der Waals surface area contributed by atoms with Gasteiger partial charge in [0.1, 0.15) is 14.7 Å². The topological polar surface area (TPSA) is 106 Å². The zero-order chi connectivity index (χ0) is 19.8. The zero-order valence-electron chi connectivity index (χ0n) is 15.4. The van der Waals surface area contributed by atoms with E-state index < -0.39 is 0 Å². The van der Waals surface area contributed by atoms with Crippen molar-refractivity contribution in [2.24, 2.45) is 0 Å². The Morgan fingerprint density at radius 2 is 2.03 bits per heavy atom. The molecule has 3 aromatic heterocycles. The lowest BCUT2D eigenvalue weighted by molar-refractivity contribution is 0.103. The van der Waals surface area contributed by atoms with Crippen molar-refractivity contribution in [3.63, 3.8) is 0 Å². The quantitative estimate of drug-likeness (QED) is 0.465. The van der Waals surface area contributed by atoms with Gasteiger partial charge in [-0.15, -0.1) is 21.5 Å². The van der Waals surface area contributed by atoms with Crippen molar-refractivity contribution < 1.29 is 4.79 Å². The monoisotopic (exact) mass is 422 g/mol. The average Bonchev–Trinajstić information content (AvgIpc) is 3.24. The molecular weight excluding hydrogens is 404 g/mol. The van der Waals surface area contributed by atoms with E-state index in [9.17, 15) is 4.79 Å². The van der Waals surface area contributed by atoms with Crippen LogP contribution in [0.25, 0.3) is 20.8 Å². The summed E-state index contributed by atoms with van der Waals surface area (Å²) in [6.07, 6.45) is 1.99. The number of fused-ring (bicyclic) bond motifs is 2. The first-order chi connectivity index (χ1) is 14.2. The standard InChI is InChI=1S/C20H18N6OS2/c21-15-13-9-12-10-22-8-4-7-14(12)23-19(13)28-16(15)17(27)24-20-26-25-18(29-20)11-5-2-1-3-6-11/h1-3,5-6,9,22H,4,7-8,10,21H2,(H,24,26,27). The third-order valence-electron chi connectivity index (χ3n) is 4.84. The number of amides is 1. The fourth-order valence-corrected chi connectivity index (χ4v) is 5.12. The van der Waals surface area contributed by atoms with E-state index in [1.54, 1.807) is 0 Å². The van der Waals surface area contributed by atoms with Gasteiger partial charge < -0.3 is 11.1 Å². The van der Waals surface area contributed by atoms with E-state index in [2.05, 4.69) is 26.9 Å². The summed E-state index contributed by atoms with van der Waals surface area (Å²) in [4.78, 5) is 18.9. The number of hydrogen-bond acceptors (Lipinski definition) is 8. The van der Waals surface area contributed by atoms with E-state index >= 15 is 0 Å². The number of nitrogens with one attached hydrogen (secondary N) is 2. The highest BCUT2D eigenvalue weighted by Crippen LogP contribution is 2.35. The number of anilines is 2. The fourth-order valence-electron chi connectivity index (χ4n) is 3.39. The third-order valence-corrected chi connectivity index (χ3v) is 6.85. The second-order valence-electron chi connectivity index (χ2n) is 6.80. The Bertz CT molecular complexity index is 1200. The van der Waals surface area contributed by atoms with Crippen LogP contribution in [0.1, 0.15) is 27.3 Å². The first-order valence-corrected chi connectivity index (χ1v) is 10.9. The molecule has 1 amide bonds. The molecule has 146 valence electrons. The molecule has 0 aliphatic carbocycles. The summed E-state index contributed by atoms with van der Waals surface area (Å²) in [5.41, 5.74) is 10.00. The molecule has 0 atom stereocenters. The van der Waals surface area contributed by atoms with Crippen LogP contribution in [0.4, 0.5) is 10.8 Å². The molecule has 7 nitrogen and oxygen atoms in total. The van der Waals surface area contributed by atoms with Crippen molar-refractivity contribution in [1.29, 1.82) is 0 Å². The molecule has 0 unspecified atom stereocenters. The summed E-state index contributed by atoms with van der Waals surface area (Å²) in [5.74, 6) is -0.283. The summed E-state index contributed by atoms with van der Waals surface area (Å²) >= 11 is 2.65. The van der Waals surface area contributed by atoms with Gasteiger partial charge in [-0.3, -0.25) is 10.1 Å². The van der Waals surface area contributed by atoms with Gasteiger partial charge >= 0.3 is 0 Å². The molecule has 4 aromatic rings. The van der Waals surface area contributed by atoms with Crippen LogP contribution in [0.3, 0.4) is 0 Å². The number of benzene rings is 1. The molecule has 0 fully saturated rings. The predicted octanol–water partition coefficient (Wildman–Crippen LogP) is 3.69. The maximum absolute atomic E-state index is 12.8. The van der Waals surface area contributed by atoms with Crippen LogP contribution < -0.4 is 16.4 Å². The third kappa shape index (κ3) is 3.48. The van der Waals surface area contributed by atoms with Gasteiger partial charge in [0.15, 0.2) is 0 Å². The Hall–Kier alpha value is -2.88. The van der Waals surface area contributed by atoms with E-state index in [0.717, 1.165) is 58.0 Å². The number of nitrogen functional groups attached to an aromatic ring is 1. The Morgan fingerprint density at radius 3 is 2.90 bits per heavy atom. The number of nitrogens with two attached hydrogens (primary N) is 1. The van der Waals surface area contributed by atoms with Crippen LogP contribution in [-0.2, 0) is 13.0 Å². The van der Waals surface area contributed by atoms with Gasteiger partial charge in [0.2, 0.25) is 5.13 Å². The van der Waals surface area contributed by atoms with Crippen LogP contribution in [0.5, 0.6) is 0 Å². The van der Waals surface area contributed by atoms with Crippen molar-refractivity contribution >= 4 is 49.6 Å². The minimum absolute atomic E-state index is 0.283. The zero-order valence-corrected chi connectivity index (χ0v) is 17.1. The number of carbonyl (C=O) groups excluding carboxylic acids is 1. The second kappa shape index (κ2) is 7.51. The maximum atomic E-state index is 12.8. The Kier molecular flexibility index (Phi) is 4.70. The molecule has 0 radical (unpaired) electrons. The molecular formula is C20H18N6OS2. The Balaban J connectivity index is 1.43. The van der Waals surface area contributed by atoms with Gasteiger partial charge in [-0.2, -0.15) is 0 Å².